The van der Waals surface area contributed by atoms with Gasteiger partial charge in [0, 0.05) is 76.2 Å². The van der Waals surface area contributed by atoms with Crippen LogP contribution in [-0.2, 0) is 22.4 Å². The highest BCUT2D eigenvalue weighted by molar-refractivity contribution is 5.30. The second-order valence-electron chi connectivity index (χ2n) is 7.36. The maximum absolute atomic E-state index is 5.72. The van der Waals surface area contributed by atoms with Crippen LogP contribution < -0.4 is 4.90 Å². The lowest BCUT2D eigenvalue weighted by Gasteiger charge is -2.26. The highest BCUT2D eigenvalue weighted by Crippen LogP contribution is 2.25. The van der Waals surface area contributed by atoms with Crippen molar-refractivity contribution in [2.24, 2.45) is 5.92 Å². The summed E-state index contributed by atoms with van der Waals surface area (Å²) in [5.74, 6) is 2.12. The van der Waals surface area contributed by atoms with Crippen LogP contribution >= 0.6 is 0 Å². The fraction of sp³-hybridized carbons (Fsp3) is 0.632. The molecule has 2 fully saturated rings. The average molecular weight is 373 g/mol. The van der Waals surface area contributed by atoms with E-state index in [-0.39, 0.29) is 6.10 Å². The summed E-state index contributed by atoms with van der Waals surface area (Å²) in [5, 5.41) is 3.99. The molecule has 0 bridgehead atoms. The molecule has 146 valence electrons. The Morgan fingerprint density at radius 2 is 1.96 bits per heavy atom. The van der Waals surface area contributed by atoms with Crippen molar-refractivity contribution in [2.45, 2.75) is 26.0 Å². The van der Waals surface area contributed by atoms with Crippen LogP contribution in [0, 0.1) is 12.8 Å². The third-order valence-corrected chi connectivity index (χ3v) is 5.29. The Hall–Kier alpha value is -2.03. The molecule has 0 spiro atoms. The van der Waals surface area contributed by atoms with Crippen LogP contribution in [0.25, 0.3) is 0 Å². The molecule has 0 radical (unpaired) electrons. The molecule has 2 saturated heterocycles. The van der Waals surface area contributed by atoms with Crippen molar-refractivity contribution in [1.82, 2.24) is 20.0 Å². The number of likely N-dealkylation sites (tertiary alicyclic amines) is 1. The van der Waals surface area contributed by atoms with Crippen LogP contribution in [0.3, 0.4) is 0 Å². The Morgan fingerprint density at radius 1 is 1.19 bits per heavy atom. The van der Waals surface area contributed by atoms with Gasteiger partial charge in [-0.25, -0.2) is 9.97 Å². The van der Waals surface area contributed by atoms with Crippen LogP contribution in [0.4, 0.5) is 5.95 Å². The molecule has 27 heavy (non-hydrogen) atoms. The minimum absolute atomic E-state index is 0.198. The van der Waals surface area contributed by atoms with Crippen molar-refractivity contribution in [3.8, 4) is 0 Å². The summed E-state index contributed by atoms with van der Waals surface area (Å²) in [6, 6.07) is 2.01. The smallest absolute Gasteiger partial charge is 0.225 e. The molecule has 0 aromatic carbocycles. The normalized spacial score (nSPS) is 23.9. The number of hydrogen-bond acceptors (Lipinski definition) is 8. The first-order chi connectivity index (χ1) is 13.2. The molecule has 0 unspecified atom stereocenters. The maximum atomic E-state index is 5.72. The molecule has 0 aliphatic carbocycles. The van der Waals surface area contributed by atoms with Crippen LogP contribution in [0.1, 0.15) is 17.0 Å². The zero-order valence-corrected chi connectivity index (χ0v) is 16.0. The standard InChI is InChI=1S/C19H27N5O3/c1-14-7-17(27-22-14)8-16-12-23(13-18(16)25-2)11-15-9-20-19(21-10-15)24-3-5-26-6-4-24/h7,9-10,16,18H,3-6,8,11-13H2,1-2H3/t16-,18+/m1/s1. The second-order valence-corrected chi connectivity index (χ2v) is 7.36. The van der Waals surface area contributed by atoms with Gasteiger partial charge in [-0.2, -0.15) is 0 Å². The molecule has 2 aliphatic heterocycles. The average Bonchev–Trinajstić information content (AvgIpc) is 3.28. The van der Waals surface area contributed by atoms with Gasteiger partial charge in [-0.05, 0) is 6.92 Å². The van der Waals surface area contributed by atoms with E-state index in [0.29, 0.717) is 5.92 Å². The van der Waals surface area contributed by atoms with Gasteiger partial charge >= 0.3 is 0 Å². The van der Waals surface area contributed by atoms with E-state index < -0.39 is 0 Å². The van der Waals surface area contributed by atoms with Gasteiger partial charge in [0.05, 0.1) is 25.0 Å². The molecule has 8 heteroatoms. The summed E-state index contributed by atoms with van der Waals surface area (Å²) in [7, 11) is 1.78. The molecule has 4 heterocycles. The Kier molecular flexibility index (Phi) is 5.66. The molecule has 2 aromatic heterocycles. The van der Waals surface area contributed by atoms with E-state index in [1.807, 2.05) is 25.4 Å². The first-order valence-corrected chi connectivity index (χ1v) is 9.52. The Bertz CT molecular complexity index is 729. The van der Waals surface area contributed by atoms with Crippen molar-refractivity contribution in [1.29, 1.82) is 0 Å². The molecule has 4 rings (SSSR count). The molecule has 2 atom stereocenters. The lowest BCUT2D eigenvalue weighted by Crippen LogP contribution is -2.37. The highest BCUT2D eigenvalue weighted by atomic mass is 16.5. The summed E-state index contributed by atoms with van der Waals surface area (Å²) in [6.45, 7) is 7.82. The second kappa shape index (κ2) is 8.33. The summed E-state index contributed by atoms with van der Waals surface area (Å²) in [5.41, 5.74) is 2.05. The SMILES string of the molecule is CO[C@H]1CN(Cc2cnc(N3CCOCC3)nc2)C[C@H]1Cc1cc(C)no1. The van der Waals surface area contributed by atoms with Gasteiger partial charge in [-0.15, -0.1) is 0 Å². The maximum Gasteiger partial charge on any atom is 0.225 e. The molecule has 2 aromatic rings. The van der Waals surface area contributed by atoms with Gasteiger partial charge in [0.25, 0.3) is 0 Å². The number of aromatic nitrogens is 3. The van der Waals surface area contributed by atoms with Crippen molar-refractivity contribution >= 4 is 5.95 Å². The third-order valence-electron chi connectivity index (χ3n) is 5.29. The molecule has 8 nitrogen and oxygen atoms in total. The quantitative estimate of drug-likeness (QED) is 0.750. The van der Waals surface area contributed by atoms with E-state index in [9.17, 15) is 0 Å². The fourth-order valence-electron chi connectivity index (χ4n) is 3.90. The Morgan fingerprint density at radius 3 is 2.63 bits per heavy atom. The van der Waals surface area contributed by atoms with E-state index in [1.54, 1.807) is 7.11 Å². The summed E-state index contributed by atoms with van der Waals surface area (Å²) >= 11 is 0. The highest BCUT2D eigenvalue weighted by Gasteiger charge is 2.33. The molecular weight excluding hydrogens is 346 g/mol. The minimum atomic E-state index is 0.198. The largest absolute Gasteiger partial charge is 0.380 e. The molecule has 0 amide bonds. The van der Waals surface area contributed by atoms with Crippen molar-refractivity contribution < 1.29 is 14.0 Å². The lowest BCUT2D eigenvalue weighted by molar-refractivity contribution is 0.0761. The van der Waals surface area contributed by atoms with E-state index in [0.717, 1.165) is 75.3 Å². The van der Waals surface area contributed by atoms with Gasteiger partial charge in [0.1, 0.15) is 5.76 Å². The van der Waals surface area contributed by atoms with E-state index in [4.69, 9.17) is 14.0 Å². The number of methoxy groups -OCH3 is 1. The zero-order chi connectivity index (χ0) is 18.6. The number of ether oxygens (including phenoxy) is 2. The molecular formula is C19H27N5O3. The van der Waals surface area contributed by atoms with Gasteiger partial charge in [0.15, 0.2) is 0 Å². The van der Waals surface area contributed by atoms with Crippen LogP contribution in [0.15, 0.2) is 23.0 Å². The first-order valence-electron chi connectivity index (χ1n) is 9.52. The Labute approximate surface area is 159 Å². The number of hydrogen-bond donors (Lipinski definition) is 0. The van der Waals surface area contributed by atoms with Gasteiger partial charge in [-0.3, -0.25) is 4.90 Å². The van der Waals surface area contributed by atoms with E-state index in [1.165, 1.54) is 0 Å². The number of aryl methyl sites for hydroxylation is 1. The molecule has 0 N–H and O–H groups in total. The summed E-state index contributed by atoms with van der Waals surface area (Å²) in [6.07, 6.45) is 4.92. The molecule has 0 saturated carbocycles. The predicted molar refractivity (Wildman–Crippen MR) is 99.6 cm³/mol. The number of rotatable bonds is 6. The van der Waals surface area contributed by atoms with Gasteiger partial charge in [0.2, 0.25) is 5.95 Å². The summed E-state index contributed by atoms with van der Waals surface area (Å²) in [4.78, 5) is 13.7. The topological polar surface area (TPSA) is 76.8 Å². The minimum Gasteiger partial charge on any atom is -0.380 e. The number of anilines is 1. The predicted octanol–water partition coefficient (Wildman–Crippen LogP) is 1.30. The molecule has 2 aliphatic rings. The summed E-state index contributed by atoms with van der Waals surface area (Å²) < 4.78 is 16.5. The van der Waals surface area contributed by atoms with Gasteiger partial charge in [-0.1, -0.05) is 5.16 Å². The fourth-order valence-corrected chi connectivity index (χ4v) is 3.90. The van der Waals surface area contributed by atoms with E-state index >= 15 is 0 Å². The van der Waals surface area contributed by atoms with Crippen molar-refractivity contribution in [3.05, 3.63) is 35.5 Å². The number of morpholine rings is 1. The van der Waals surface area contributed by atoms with Crippen molar-refractivity contribution in [2.75, 3.05) is 51.4 Å². The zero-order valence-electron chi connectivity index (χ0n) is 16.0. The Balaban J connectivity index is 1.35. The van der Waals surface area contributed by atoms with Crippen molar-refractivity contribution in [3.63, 3.8) is 0 Å². The van der Waals surface area contributed by atoms with Gasteiger partial charge < -0.3 is 18.9 Å². The first kappa shape index (κ1) is 18.3. The van der Waals surface area contributed by atoms with Crippen LogP contribution in [0.5, 0.6) is 0 Å². The van der Waals surface area contributed by atoms with E-state index in [2.05, 4.69) is 24.9 Å². The third kappa shape index (κ3) is 4.45. The van der Waals surface area contributed by atoms with Crippen LogP contribution in [0.2, 0.25) is 0 Å². The number of nitrogens with zero attached hydrogens (tertiary/aromatic N) is 5. The lowest BCUT2D eigenvalue weighted by atomic mass is 10.0. The van der Waals surface area contributed by atoms with Crippen LogP contribution in [-0.4, -0.2) is 72.6 Å². The monoisotopic (exact) mass is 373 g/mol.